The first-order valence-electron chi connectivity index (χ1n) is 19.9. The van der Waals surface area contributed by atoms with Crippen LogP contribution in [0.25, 0.3) is 78.1 Å². The third kappa shape index (κ3) is 4.82. The van der Waals surface area contributed by atoms with Gasteiger partial charge in [-0.2, -0.15) is 0 Å². The molecule has 2 aromatic heterocycles. The maximum absolute atomic E-state index is 5.27. The summed E-state index contributed by atoms with van der Waals surface area (Å²) in [7, 11) is 0. The SMILES string of the molecule is C=C1c2ccccc2-c2c(-c3ccc4c(c3)c3ccccc3n4-c3cc(-c4ccccc4)nc(-c4ccccc4)n3)cc3c(c21)N(c1ccccc1)C1C=CC=CC31. The molecule has 0 N–H and O–H groups in total. The molecule has 0 radical (unpaired) electrons. The minimum Gasteiger partial charge on any atom is -0.333 e. The molecule has 0 spiro atoms. The molecule has 0 fully saturated rings. The summed E-state index contributed by atoms with van der Waals surface area (Å²) in [5, 5.41) is 2.36. The Bertz CT molecular complexity index is 3130. The molecule has 3 aliphatic rings. The quantitative estimate of drug-likeness (QED) is 0.176. The van der Waals surface area contributed by atoms with Crippen LogP contribution in [0.3, 0.4) is 0 Å². The van der Waals surface area contributed by atoms with E-state index in [1.54, 1.807) is 0 Å². The number of hydrogen-bond acceptors (Lipinski definition) is 3. The fourth-order valence-corrected chi connectivity index (χ4v) is 9.69. The Labute approximate surface area is 337 Å². The maximum atomic E-state index is 5.27. The zero-order valence-electron chi connectivity index (χ0n) is 31.6. The van der Waals surface area contributed by atoms with Gasteiger partial charge in [-0.15, -0.1) is 0 Å². The third-order valence-electron chi connectivity index (χ3n) is 12.2. The second-order valence-corrected chi connectivity index (χ2v) is 15.4. The Morgan fingerprint density at radius 1 is 0.500 bits per heavy atom. The van der Waals surface area contributed by atoms with E-state index in [0.29, 0.717) is 5.82 Å². The van der Waals surface area contributed by atoms with E-state index in [-0.39, 0.29) is 12.0 Å². The van der Waals surface area contributed by atoms with Gasteiger partial charge in [0.1, 0.15) is 5.82 Å². The Morgan fingerprint density at radius 2 is 1.17 bits per heavy atom. The number of fused-ring (bicyclic) bond motifs is 10. The maximum Gasteiger partial charge on any atom is 0.162 e. The van der Waals surface area contributed by atoms with E-state index in [4.69, 9.17) is 16.5 Å². The fraction of sp³-hybridized carbons (Fsp3) is 0.0370. The van der Waals surface area contributed by atoms with Gasteiger partial charge in [-0.05, 0) is 69.8 Å². The van der Waals surface area contributed by atoms with Crippen LogP contribution >= 0.6 is 0 Å². The van der Waals surface area contributed by atoms with E-state index in [0.717, 1.165) is 39.2 Å². The highest BCUT2D eigenvalue weighted by Crippen LogP contribution is 2.59. The fourth-order valence-electron chi connectivity index (χ4n) is 9.69. The molecule has 4 nitrogen and oxygen atoms in total. The van der Waals surface area contributed by atoms with E-state index in [1.807, 2.05) is 24.3 Å². The van der Waals surface area contributed by atoms with Crippen LogP contribution in [0.2, 0.25) is 0 Å². The Hall–Kier alpha value is -7.56. The molecule has 2 atom stereocenters. The first-order chi connectivity index (χ1) is 28.7. The van der Waals surface area contributed by atoms with Gasteiger partial charge in [0.2, 0.25) is 0 Å². The largest absolute Gasteiger partial charge is 0.333 e. The van der Waals surface area contributed by atoms with E-state index in [9.17, 15) is 0 Å². The minimum absolute atomic E-state index is 0.174. The lowest BCUT2D eigenvalue weighted by molar-refractivity contribution is 0.745. The molecule has 2 unspecified atom stereocenters. The first-order valence-corrected chi connectivity index (χ1v) is 19.9. The number of hydrogen-bond donors (Lipinski definition) is 0. The molecule has 9 aromatic rings. The van der Waals surface area contributed by atoms with Gasteiger partial charge in [0.15, 0.2) is 5.82 Å². The highest BCUT2D eigenvalue weighted by atomic mass is 15.2. The number of benzene rings is 7. The second kappa shape index (κ2) is 12.7. The van der Waals surface area contributed by atoms with Crippen LogP contribution in [0.1, 0.15) is 22.6 Å². The number of anilines is 2. The summed E-state index contributed by atoms with van der Waals surface area (Å²) in [6.07, 6.45) is 9.13. The van der Waals surface area contributed by atoms with Crippen molar-refractivity contribution in [2.24, 2.45) is 0 Å². The van der Waals surface area contributed by atoms with Crippen LogP contribution in [0.4, 0.5) is 11.4 Å². The number of rotatable bonds is 5. The van der Waals surface area contributed by atoms with Crippen molar-refractivity contribution in [2.75, 3.05) is 4.90 Å². The molecule has 272 valence electrons. The Balaban J connectivity index is 1.11. The van der Waals surface area contributed by atoms with Gasteiger partial charge >= 0.3 is 0 Å². The number of allylic oxidation sites excluding steroid dienone is 2. The molecule has 12 rings (SSSR count). The van der Waals surface area contributed by atoms with Crippen molar-refractivity contribution < 1.29 is 0 Å². The average molecular weight is 741 g/mol. The van der Waals surface area contributed by atoms with Crippen molar-refractivity contribution in [3.8, 4) is 50.7 Å². The lowest BCUT2D eigenvalue weighted by atomic mass is 9.85. The van der Waals surface area contributed by atoms with Gasteiger partial charge in [0.05, 0.1) is 28.5 Å². The van der Waals surface area contributed by atoms with Gasteiger partial charge in [0.25, 0.3) is 0 Å². The Morgan fingerprint density at radius 3 is 1.98 bits per heavy atom. The smallest absolute Gasteiger partial charge is 0.162 e. The molecule has 7 aromatic carbocycles. The summed E-state index contributed by atoms with van der Waals surface area (Å²) < 4.78 is 2.31. The van der Waals surface area contributed by atoms with Gasteiger partial charge in [-0.25, -0.2) is 9.97 Å². The van der Waals surface area contributed by atoms with Gasteiger partial charge in [-0.1, -0.05) is 158 Å². The van der Waals surface area contributed by atoms with Crippen LogP contribution < -0.4 is 4.90 Å². The van der Waals surface area contributed by atoms with Gasteiger partial charge < -0.3 is 4.90 Å². The topological polar surface area (TPSA) is 34.0 Å². The van der Waals surface area contributed by atoms with Crippen LogP contribution in [0, 0.1) is 0 Å². The lowest BCUT2D eigenvalue weighted by Gasteiger charge is -2.30. The predicted molar refractivity (Wildman–Crippen MR) is 240 cm³/mol. The summed E-state index contributed by atoms with van der Waals surface area (Å²) in [4.78, 5) is 12.9. The van der Waals surface area contributed by atoms with Crippen molar-refractivity contribution in [1.29, 1.82) is 0 Å². The number of aromatic nitrogens is 3. The summed E-state index contributed by atoms with van der Waals surface area (Å²) in [5.41, 5.74) is 17.3. The Kier molecular flexibility index (Phi) is 7.17. The van der Waals surface area contributed by atoms with Crippen LogP contribution in [0.5, 0.6) is 0 Å². The van der Waals surface area contributed by atoms with Gasteiger partial charge in [-0.3, -0.25) is 4.57 Å². The summed E-state index contributed by atoms with van der Waals surface area (Å²) in [6, 6.07) is 60.8. The van der Waals surface area contributed by atoms with Crippen molar-refractivity contribution >= 4 is 38.8 Å². The number of nitrogens with zero attached hydrogens (tertiary/aromatic N) is 4. The zero-order valence-corrected chi connectivity index (χ0v) is 31.6. The van der Waals surface area contributed by atoms with Crippen LogP contribution in [-0.4, -0.2) is 20.6 Å². The summed E-state index contributed by atoms with van der Waals surface area (Å²) in [6.45, 7) is 4.80. The van der Waals surface area contributed by atoms with E-state index < -0.39 is 0 Å². The zero-order chi connectivity index (χ0) is 38.3. The van der Waals surface area contributed by atoms with Crippen LogP contribution in [-0.2, 0) is 0 Å². The molecule has 0 amide bonds. The van der Waals surface area contributed by atoms with E-state index in [1.165, 1.54) is 61.1 Å². The van der Waals surface area contributed by atoms with Crippen molar-refractivity contribution in [3.63, 3.8) is 0 Å². The van der Waals surface area contributed by atoms with E-state index in [2.05, 4.69) is 179 Å². The van der Waals surface area contributed by atoms with Crippen molar-refractivity contribution in [1.82, 2.24) is 14.5 Å². The number of para-hydroxylation sites is 2. The molecular weight excluding hydrogens is 705 g/mol. The average Bonchev–Trinajstić information content (AvgIpc) is 3.92. The molecule has 58 heavy (non-hydrogen) atoms. The van der Waals surface area contributed by atoms with Crippen molar-refractivity contribution in [3.05, 3.63) is 217 Å². The molecule has 0 bridgehead atoms. The first kappa shape index (κ1) is 32.7. The molecular formula is C54H36N4. The highest BCUT2D eigenvalue weighted by molar-refractivity contribution is 6.14. The second-order valence-electron chi connectivity index (χ2n) is 15.4. The monoisotopic (exact) mass is 740 g/mol. The molecule has 1 aliphatic heterocycles. The van der Waals surface area contributed by atoms with Crippen molar-refractivity contribution in [2.45, 2.75) is 12.0 Å². The normalized spacial score (nSPS) is 16.1. The third-order valence-corrected chi connectivity index (χ3v) is 12.2. The molecule has 2 aliphatic carbocycles. The highest BCUT2D eigenvalue weighted by Gasteiger charge is 2.43. The van der Waals surface area contributed by atoms with Gasteiger partial charge in [0, 0.05) is 50.7 Å². The standard InChI is InChI=1S/C54H36N4/c1-34-39-23-11-12-26-42(39)52-43(32-45-41-25-14-15-27-47(41)57(53(45)51(34)52)38-21-9-4-10-22-38)37-29-30-49-44(31-37)40-24-13-16-28-48(40)58(49)50-33-46(35-17-5-2-6-18-35)55-54(56-50)36-19-7-3-8-20-36/h2-33,41,47H,1H2. The van der Waals surface area contributed by atoms with E-state index >= 15 is 0 Å². The summed E-state index contributed by atoms with van der Waals surface area (Å²) >= 11 is 0. The molecule has 0 saturated carbocycles. The molecule has 4 heteroatoms. The predicted octanol–water partition coefficient (Wildman–Crippen LogP) is 13.3. The molecule has 0 saturated heterocycles. The van der Waals surface area contributed by atoms with Crippen LogP contribution in [0.15, 0.2) is 201 Å². The molecule has 3 heterocycles. The summed E-state index contributed by atoms with van der Waals surface area (Å²) in [5.74, 6) is 1.74. The lowest BCUT2D eigenvalue weighted by Crippen LogP contribution is -2.28. The minimum atomic E-state index is 0.174.